The lowest BCUT2D eigenvalue weighted by atomic mass is 10.2. The summed E-state index contributed by atoms with van der Waals surface area (Å²) in [7, 11) is -0.696. The van der Waals surface area contributed by atoms with Crippen LogP contribution in [0.15, 0.2) is 11.6 Å². The summed E-state index contributed by atoms with van der Waals surface area (Å²) in [5.41, 5.74) is 0. The third-order valence-corrected chi connectivity index (χ3v) is 2.42. The quantitative estimate of drug-likeness (QED) is 0.718. The third kappa shape index (κ3) is 8.24. The van der Waals surface area contributed by atoms with Crippen LogP contribution in [-0.2, 0) is 10.8 Å². The summed E-state index contributed by atoms with van der Waals surface area (Å²) < 4.78 is 10.7. The Hall–Kier alpha value is 0.140. The fourth-order valence-electron chi connectivity index (χ4n) is 0.730. The van der Waals surface area contributed by atoms with Gasteiger partial charge in [-0.05, 0) is 13.3 Å². The van der Waals surface area contributed by atoms with Gasteiger partial charge in [-0.15, -0.1) is 0 Å². The number of hydrogen-bond acceptors (Lipinski definition) is 2. The Bertz CT molecular complexity index is 154. The first kappa shape index (κ1) is 12.1. The van der Waals surface area contributed by atoms with Gasteiger partial charge in [0.1, 0.15) is 0 Å². The molecule has 12 heavy (non-hydrogen) atoms. The predicted octanol–water partition coefficient (Wildman–Crippen LogP) is 1.49. The van der Waals surface area contributed by atoms with Crippen LogP contribution < -0.4 is 5.32 Å². The molecule has 0 aliphatic carbocycles. The summed E-state index contributed by atoms with van der Waals surface area (Å²) in [6.07, 6.45) is 2.63. The first-order valence-electron chi connectivity index (χ1n) is 3.89. The van der Waals surface area contributed by atoms with Crippen LogP contribution in [0.2, 0.25) is 0 Å². The van der Waals surface area contributed by atoms with Crippen LogP contribution >= 0.6 is 11.6 Å². The highest BCUT2D eigenvalue weighted by Gasteiger charge is 2.01. The van der Waals surface area contributed by atoms with Crippen LogP contribution in [0.1, 0.15) is 13.3 Å². The highest BCUT2D eigenvalue weighted by Crippen LogP contribution is 1.97. The van der Waals surface area contributed by atoms with Crippen molar-refractivity contribution in [3.63, 3.8) is 0 Å². The van der Waals surface area contributed by atoms with Crippen molar-refractivity contribution in [3.8, 4) is 0 Å². The summed E-state index contributed by atoms with van der Waals surface area (Å²) in [5.74, 6) is 0.739. The average Bonchev–Trinajstić information content (AvgIpc) is 1.96. The van der Waals surface area contributed by atoms with Gasteiger partial charge in [-0.2, -0.15) is 0 Å². The summed E-state index contributed by atoms with van der Waals surface area (Å²) in [6, 6.07) is 0.351. The van der Waals surface area contributed by atoms with Crippen molar-refractivity contribution in [2.45, 2.75) is 19.4 Å². The molecule has 0 amide bonds. The first-order valence-corrected chi connectivity index (χ1v) is 5.99. The number of rotatable bonds is 6. The van der Waals surface area contributed by atoms with E-state index in [0.29, 0.717) is 17.6 Å². The van der Waals surface area contributed by atoms with E-state index in [1.54, 1.807) is 6.26 Å². The normalized spacial score (nSPS) is 15.6. The molecule has 0 bridgehead atoms. The maximum Gasteiger partial charge on any atom is 0.0309 e. The highest BCUT2D eigenvalue weighted by molar-refractivity contribution is 7.84. The molecular formula is C8H16ClNOS. The molecule has 0 aromatic rings. The topological polar surface area (TPSA) is 29.1 Å². The zero-order valence-electron chi connectivity index (χ0n) is 7.60. The average molecular weight is 210 g/mol. The van der Waals surface area contributed by atoms with Crippen molar-refractivity contribution >= 4 is 22.4 Å². The van der Waals surface area contributed by atoms with Gasteiger partial charge in [0.2, 0.25) is 0 Å². The Morgan fingerprint density at radius 3 is 2.75 bits per heavy atom. The fraction of sp³-hybridized carbons (Fsp3) is 0.750. The molecule has 0 aliphatic rings. The van der Waals surface area contributed by atoms with Crippen LogP contribution in [0.4, 0.5) is 0 Å². The van der Waals surface area contributed by atoms with Gasteiger partial charge in [-0.25, -0.2) is 0 Å². The maximum absolute atomic E-state index is 10.7. The number of hydrogen-bond donors (Lipinski definition) is 1. The van der Waals surface area contributed by atoms with Crippen molar-refractivity contribution in [1.82, 2.24) is 5.32 Å². The number of halogens is 1. The summed E-state index contributed by atoms with van der Waals surface area (Å²) >= 11 is 5.57. The molecule has 0 spiro atoms. The monoisotopic (exact) mass is 209 g/mol. The minimum Gasteiger partial charge on any atom is -0.309 e. The summed E-state index contributed by atoms with van der Waals surface area (Å²) in [5, 5.41) is 3.78. The van der Waals surface area contributed by atoms with Gasteiger partial charge in [0.15, 0.2) is 0 Å². The van der Waals surface area contributed by atoms with Gasteiger partial charge in [-0.3, -0.25) is 4.21 Å². The summed E-state index contributed by atoms with van der Waals surface area (Å²) in [4.78, 5) is 0. The summed E-state index contributed by atoms with van der Waals surface area (Å²) in [6.45, 7) is 6.24. The highest BCUT2D eigenvalue weighted by atomic mass is 35.5. The fourth-order valence-corrected chi connectivity index (χ4v) is 1.49. The van der Waals surface area contributed by atoms with Gasteiger partial charge in [0.05, 0.1) is 0 Å². The van der Waals surface area contributed by atoms with Gasteiger partial charge < -0.3 is 5.32 Å². The molecule has 1 N–H and O–H groups in total. The van der Waals surface area contributed by atoms with Crippen molar-refractivity contribution in [2.75, 3.05) is 18.6 Å². The molecule has 0 heterocycles. The molecule has 2 unspecified atom stereocenters. The zero-order valence-corrected chi connectivity index (χ0v) is 9.17. The molecule has 2 nitrogen and oxygen atoms in total. The van der Waals surface area contributed by atoms with E-state index < -0.39 is 10.8 Å². The SMILES string of the molecule is C=C(Cl)CNC(C)CCS(C)=O. The molecule has 0 saturated heterocycles. The van der Waals surface area contributed by atoms with Crippen LogP contribution in [-0.4, -0.2) is 28.8 Å². The minimum absolute atomic E-state index is 0.351. The molecule has 0 rings (SSSR count). The van der Waals surface area contributed by atoms with Crippen molar-refractivity contribution in [3.05, 3.63) is 11.6 Å². The molecule has 0 fully saturated rings. The van der Waals surface area contributed by atoms with Gasteiger partial charge in [-0.1, -0.05) is 18.2 Å². The second kappa shape index (κ2) is 6.63. The van der Waals surface area contributed by atoms with E-state index in [9.17, 15) is 4.21 Å². The van der Waals surface area contributed by atoms with Crippen molar-refractivity contribution in [1.29, 1.82) is 0 Å². The Morgan fingerprint density at radius 2 is 2.33 bits per heavy atom. The molecule has 72 valence electrons. The molecule has 0 aromatic carbocycles. The first-order chi connectivity index (χ1) is 5.52. The van der Waals surface area contributed by atoms with E-state index in [1.807, 2.05) is 6.92 Å². The van der Waals surface area contributed by atoms with Crippen molar-refractivity contribution < 1.29 is 4.21 Å². The zero-order chi connectivity index (χ0) is 9.56. The molecule has 4 heteroatoms. The molecule has 0 radical (unpaired) electrons. The second-order valence-electron chi connectivity index (χ2n) is 2.87. The minimum atomic E-state index is -0.696. The predicted molar refractivity (Wildman–Crippen MR) is 56.0 cm³/mol. The lowest BCUT2D eigenvalue weighted by Crippen LogP contribution is -2.28. The lowest BCUT2D eigenvalue weighted by Gasteiger charge is -2.11. The van der Waals surface area contributed by atoms with Gasteiger partial charge in [0.25, 0.3) is 0 Å². The van der Waals surface area contributed by atoms with E-state index in [-0.39, 0.29) is 0 Å². The standard InChI is InChI=1S/C8H16ClNOS/c1-7(9)6-10-8(2)4-5-12(3)11/h8,10H,1,4-6H2,2-3H3. The third-order valence-electron chi connectivity index (χ3n) is 1.48. The second-order valence-corrected chi connectivity index (χ2v) is 4.95. The van der Waals surface area contributed by atoms with E-state index >= 15 is 0 Å². The van der Waals surface area contributed by atoms with Crippen LogP contribution in [0.3, 0.4) is 0 Å². The Morgan fingerprint density at radius 1 is 1.75 bits per heavy atom. The maximum atomic E-state index is 10.7. The number of nitrogens with one attached hydrogen (secondary N) is 1. The molecule has 2 atom stereocenters. The van der Waals surface area contributed by atoms with Crippen molar-refractivity contribution in [2.24, 2.45) is 0 Å². The molecule has 0 saturated carbocycles. The Labute approximate surface area is 81.8 Å². The van der Waals surface area contributed by atoms with E-state index in [2.05, 4.69) is 11.9 Å². The lowest BCUT2D eigenvalue weighted by molar-refractivity contribution is 0.565. The smallest absolute Gasteiger partial charge is 0.0309 e. The largest absolute Gasteiger partial charge is 0.309 e. The van der Waals surface area contributed by atoms with Gasteiger partial charge in [0, 0.05) is 40.4 Å². The van der Waals surface area contributed by atoms with E-state index in [0.717, 1.165) is 12.2 Å². The van der Waals surface area contributed by atoms with E-state index in [1.165, 1.54) is 0 Å². The Kier molecular flexibility index (Phi) is 6.71. The molecule has 0 aromatic heterocycles. The van der Waals surface area contributed by atoms with E-state index in [4.69, 9.17) is 11.6 Å². The Balaban J connectivity index is 3.39. The molecule has 0 aliphatic heterocycles. The van der Waals surface area contributed by atoms with Crippen LogP contribution in [0, 0.1) is 0 Å². The molecular weight excluding hydrogens is 194 g/mol. The van der Waals surface area contributed by atoms with Crippen LogP contribution in [0.5, 0.6) is 0 Å². The van der Waals surface area contributed by atoms with Gasteiger partial charge >= 0.3 is 0 Å². The van der Waals surface area contributed by atoms with Crippen LogP contribution in [0.25, 0.3) is 0 Å².